The number of halogens is 3. The summed E-state index contributed by atoms with van der Waals surface area (Å²) in [6, 6.07) is 42.5. The molecule has 0 unspecified atom stereocenters. The molecule has 0 saturated carbocycles. The summed E-state index contributed by atoms with van der Waals surface area (Å²) >= 11 is 14.9. The fraction of sp³-hybridized carbons (Fsp3) is 0.0526. The van der Waals surface area contributed by atoms with Gasteiger partial charge in [-0.2, -0.15) is 0 Å². The van der Waals surface area contributed by atoms with E-state index in [0.29, 0.717) is 10.5 Å². The first kappa shape index (κ1) is 44.8. The van der Waals surface area contributed by atoms with Crippen molar-refractivity contribution in [1.29, 1.82) is 0 Å². The molecular weight excluding hydrogens is 848 g/mol. The number of carbonyl (C=O) groups is 2. The van der Waals surface area contributed by atoms with Crippen LogP contribution in [-0.2, 0) is 30.0 Å². The number of nitrogens with zero attached hydrogens (tertiary/aromatic N) is 2. The number of aromatic nitrogens is 2. The summed E-state index contributed by atoms with van der Waals surface area (Å²) in [4.78, 5) is 26.7. The van der Waals surface area contributed by atoms with Crippen molar-refractivity contribution in [3.63, 3.8) is 0 Å². The maximum Gasteiger partial charge on any atom is 0.488 e. The molecule has 0 aliphatic carbocycles. The number of benzene rings is 4. The molecule has 6 aromatic rings. The number of aliphatic carboxylic acids is 2. The van der Waals surface area contributed by atoms with Crippen LogP contribution in [-0.4, -0.2) is 49.3 Å². The van der Waals surface area contributed by atoms with Crippen molar-refractivity contribution >= 4 is 63.7 Å². The summed E-state index contributed by atoms with van der Waals surface area (Å²) < 4.78 is 1.06. The molecule has 0 spiro atoms. The average molecular weight is 883 g/mol. The van der Waals surface area contributed by atoms with E-state index in [0.717, 1.165) is 57.0 Å². The van der Waals surface area contributed by atoms with Crippen LogP contribution in [0.3, 0.4) is 0 Å². The Morgan fingerprint density at radius 2 is 0.961 bits per heavy atom. The maximum absolute atomic E-state index is 9.00. The molecule has 8 nitrogen and oxygen atoms in total. The predicted octanol–water partition coefficient (Wildman–Crippen LogP) is 8.78. The second-order valence-corrected chi connectivity index (χ2v) is 11.8. The summed E-state index contributed by atoms with van der Waals surface area (Å²) in [5.41, 5.74) is 6.98. The Bertz CT molecular complexity index is 1870. The third-order valence-electron chi connectivity index (χ3n) is 5.97. The van der Waals surface area contributed by atoms with E-state index in [1.54, 1.807) is 30.5 Å². The van der Waals surface area contributed by atoms with Gasteiger partial charge in [0.2, 0.25) is 0 Å². The number of carboxylic acids is 2. The van der Waals surface area contributed by atoms with E-state index in [1.807, 2.05) is 85.1 Å². The standard InChI is InChI=1S/C17H12ClN.C11H8BrN.C6H6BClO2.2C2H4O2.Pd/c18-16-8-6-13(7-9-16)15-10-11-19-17(12-15)14-4-2-1-3-5-14;12-10-6-7-13-11(8-10)9-4-2-1-3-5-9;8-6-3-1-5(2-4-6)7(9)10;2*1-2(3)4;/h1-12H;1-8H;1-4,9-10H;2*1H3,(H,3,4);. The zero-order valence-corrected chi connectivity index (χ0v) is 32.0. The van der Waals surface area contributed by atoms with Crippen molar-refractivity contribution in [2.75, 3.05) is 0 Å². The maximum atomic E-state index is 9.00. The minimum absolute atomic E-state index is 0. The second-order valence-electron chi connectivity index (χ2n) is 9.99. The summed E-state index contributed by atoms with van der Waals surface area (Å²) in [6.45, 7) is 2.17. The molecule has 2 aromatic heterocycles. The molecule has 0 radical (unpaired) electrons. The predicted molar refractivity (Wildman–Crippen MR) is 205 cm³/mol. The molecule has 4 N–H and O–H groups in total. The molecule has 0 fully saturated rings. The fourth-order valence-corrected chi connectivity index (χ4v) is 4.41. The molecular formula is C38H34BBrCl2N2O6Pd. The van der Waals surface area contributed by atoms with Crippen LogP contribution in [0, 0.1) is 0 Å². The molecule has 0 atom stereocenters. The van der Waals surface area contributed by atoms with Crippen molar-refractivity contribution in [1.82, 2.24) is 9.97 Å². The first-order chi connectivity index (χ1) is 23.8. The van der Waals surface area contributed by atoms with Gasteiger partial charge >= 0.3 is 7.12 Å². The molecule has 0 aliphatic heterocycles. The van der Waals surface area contributed by atoms with Gasteiger partial charge in [0, 0.05) is 72.3 Å². The molecule has 2 heterocycles. The summed E-state index contributed by atoms with van der Waals surface area (Å²) in [6.07, 6.45) is 3.64. The van der Waals surface area contributed by atoms with E-state index in [2.05, 4.69) is 56.2 Å². The molecule has 13 heteroatoms. The molecule has 266 valence electrons. The van der Waals surface area contributed by atoms with Crippen LogP contribution >= 0.6 is 39.1 Å². The van der Waals surface area contributed by atoms with Crippen LogP contribution in [0.15, 0.2) is 150 Å². The Labute approximate surface area is 329 Å². The first-order valence-electron chi connectivity index (χ1n) is 14.8. The van der Waals surface area contributed by atoms with Crippen LogP contribution in [0.25, 0.3) is 33.6 Å². The van der Waals surface area contributed by atoms with Gasteiger partial charge in [-0.05, 0) is 65.1 Å². The Hall–Kier alpha value is -4.17. The van der Waals surface area contributed by atoms with Gasteiger partial charge in [-0.3, -0.25) is 19.6 Å². The monoisotopic (exact) mass is 880 g/mol. The summed E-state index contributed by atoms with van der Waals surface area (Å²) in [5, 5.41) is 33.4. The van der Waals surface area contributed by atoms with Crippen molar-refractivity contribution in [2.24, 2.45) is 0 Å². The molecule has 0 amide bonds. The average Bonchev–Trinajstić information content (AvgIpc) is 3.10. The normalized spacial score (nSPS) is 9.24. The van der Waals surface area contributed by atoms with Crippen LogP contribution in [0.5, 0.6) is 0 Å². The third kappa shape index (κ3) is 19.1. The van der Waals surface area contributed by atoms with Crippen molar-refractivity contribution in [3.05, 3.63) is 160 Å². The number of hydrogen-bond acceptors (Lipinski definition) is 6. The molecule has 51 heavy (non-hydrogen) atoms. The van der Waals surface area contributed by atoms with E-state index in [-0.39, 0.29) is 20.4 Å². The topological polar surface area (TPSA) is 141 Å². The third-order valence-corrected chi connectivity index (χ3v) is 6.96. The fourth-order valence-electron chi connectivity index (χ4n) is 3.83. The van der Waals surface area contributed by atoms with Crippen molar-refractivity contribution in [2.45, 2.75) is 13.8 Å². The van der Waals surface area contributed by atoms with E-state index in [1.165, 1.54) is 0 Å². The van der Waals surface area contributed by atoms with Crippen molar-refractivity contribution < 1.29 is 50.3 Å². The molecule has 6 rings (SSSR count). The van der Waals surface area contributed by atoms with Crippen LogP contribution in [0.2, 0.25) is 10.0 Å². The molecule has 0 aliphatic rings. The van der Waals surface area contributed by atoms with Gasteiger partial charge in [0.25, 0.3) is 11.9 Å². The van der Waals surface area contributed by atoms with Gasteiger partial charge < -0.3 is 20.3 Å². The minimum atomic E-state index is -1.41. The minimum Gasteiger partial charge on any atom is -0.481 e. The molecule has 0 saturated heterocycles. The number of carboxylic acid groups (broad SMARTS) is 2. The van der Waals surface area contributed by atoms with Gasteiger partial charge in [0.05, 0.1) is 11.4 Å². The van der Waals surface area contributed by atoms with Gasteiger partial charge in [-0.1, -0.05) is 124 Å². The molecule has 0 bridgehead atoms. The van der Waals surface area contributed by atoms with Gasteiger partial charge in [0.15, 0.2) is 0 Å². The SMILES string of the molecule is Brc1ccnc(-c2ccccc2)c1.CC(=O)O.CC(=O)O.Clc1ccc(-c2ccnc(-c3ccccc3)c2)cc1.OB(O)c1ccc(Cl)cc1.[Pd]. The van der Waals surface area contributed by atoms with Gasteiger partial charge in [0.1, 0.15) is 0 Å². The Morgan fingerprint density at radius 1 is 0.569 bits per heavy atom. The van der Waals surface area contributed by atoms with E-state index in [9.17, 15) is 0 Å². The summed E-state index contributed by atoms with van der Waals surface area (Å²) in [5.74, 6) is -1.67. The summed E-state index contributed by atoms with van der Waals surface area (Å²) in [7, 11) is -1.41. The van der Waals surface area contributed by atoms with Crippen LogP contribution in [0.4, 0.5) is 0 Å². The van der Waals surface area contributed by atoms with Gasteiger partial charge in [-0.15, -0.1) is 0 Å². The zero-order valence-electron chi connectivity index (χ0n) is 27.4. The van der Waals surface area contributed by atoms with Crippen LogP contribution < -0.4 is 5.46 Å². The number of rotatable bonds is 4. The quantitative estimate of drug-likeness (QED) is 0.129. The number of pyridine rings is 2. The van der Waals surface area contributed by atoms with Gasteiger partial charge in [-0.25, -0.2) is 0 Å². The zero-order chi connectivity index (χ0) is 36.9. The number of hydrogen-bond donors (Lipinski definition) is 4. The van der Waals surface area contributed by atoms with E-state index in [4.69, 9.17) is 53.1 Å². The van der Waals surface area contributed by atoms with Crippen LogP contribution in [0.1, 0.15) is 13.8 Å². The Morgan fingerprint density at radius 3 is 1.37 bits per heavy atom. The Balaban J connectivity index is 0.000000356. The molecule has 4 aromatic carbocycles. The largest absolute Gasteiger partial charge is 0.488 e. The second kappa shape index (κ2) is 24.9. The van der Waals surface area contributed by atoms with E-state index < -0.39 is 19.1 Å². The first-order valence-corrected chi connectivity index (χ1v) is 16.4. The van der Waals surface area contributed by atoms with E-state index >= 15 is 0 Å². The smallest absolute Gasteiger partial charge is 0.481 e. The van der Waals surface area contributed by atoms with Crippen molar-refractivity contribution in [3.8, 4) is 33.6 Å². The Kier molecular flexibility index (Phi) is 21.9.